The molecule has 1 aliphatic rings. The number of hydrogen-bond acceptors (Lipinski definition) is 5. The van der Waals surface area contributed by atoms with E-state index in [9.17, 15) is 19.7 Å². The van der Waals surface area contributed by atoms with Crippen molar-refractivity contribution in [2.24, 2.45) is 5.41 Å². The van der Waals surface area contributed by atoms with Crippen molar-refractivity contribution in [3.8, 4) is 5.75 Å². The summed E-state index contributed by atoms with van der Waals surface area (Å²) < 4.78 is 4.97. The van der Waals surface area contributed by atoms with Crippen LogP contribution in [0.4, 0.5) is 5.69 Å². The number of nitrogens with zero attached hydrogens (tertiary/aromatic N) is 1. The Morgan fingerprint density at radius 3 is 2.62 bits per heavy atom. The van der Waals surface area contributed by atoms with Crippen molar-refractivity contribution >= 4 is 17.6 Å². The molecule has 0 saturated heterocycles. The smallest absolute Gasteiger partial charge is 0.311 e. The molecule has 1 amide bonds. The lowest BCUT2D eigenvalue weighted by molar-refractivity contribution is -0.384. The van der Waals surface area contributed by atoms with Crippen LogP contribution in [0.3, 0.4) is 0 Å². The van der Waals surface area contributed by atoms with E-state index in [2.05, 4.69) is 5.32 Å². The number of non-ortho nitro benzene ring substituents is 1. The van der Waals surface area contributed by atoms with Gasteiger partial charge in [-0.15, -0.1) is 0 Å². The van der Waals surface area contributed by atoms with E-state index >= 15 is 0 Å². The minimum absolute atomic E-state index is 0.0291. The minimum atomic E-state index is -0.932. The molecule has 0 atom stereocenters. The number of nitro groups is 1. The molecule has 0 radical (unpaired) electrons. The van der Waals surface area contributed by atoms with Crippen molar-refractivity contribution in [2.75, 3.05) is 13.7 Å². The third kappa shape index (κ3) is 2.93. The number of nitrogens with one attached hydrogen (secondary N) is 1. The molecule has 0 aliphatic heterocycles. The number of amides is 1. The van der Waals surface area contributed by atoms with Gasteiger partial charge < -0.3 is 15.2 Å². The van der Waals surface area contributed by atoms with Crippen molar-refractivity contribution in [2.45, 2.75) is 12.8 Å². The lowest BCUT2D eigenvalue weighted by atomic mass is 10.1. The molecule has 1 aliphatic carbocycles. The van der Waals surface area contributed by atoms with E-state index in [1.54, 1.807) is 0 Å². The van der Waals surface area contributed by atoms with Crippen LogP contribution in [-0.2, 0) is 4.79 Å². The Balaban J connectivity index is 2.12. The summed E-state index contributed by atoms with van der Waals surface area (Å²) in [6.07, 6.45) is 1.06. The van der Waals surface area contributed by atoms with Gasteiger partial charge in [0.05, 0.1) is 29.1 Å². The predicted octanol–water partition coefficient (Wildman–Crippen LogP) is 1.20. The van der Waals surface area contributed by atoms with Crippen molar-refractivity contribution < 1.29 is 24.4 Å². The van der Waals surface area contributed by atoms with Gasteiger partial charge >= 0.3 is 5.97 Å². The molecule has 0 heterocycles. The number of ether oxygens (including phenoxy) is 1. The fourth-order valence-corrected chi connectivity index (χ4v) is 1.94. The van der Waals surface area contributed by atoms with E-state index in [0.717, 1.165) is 6.07 Å². The van der Waals surface area contributed by atoms with E-state index in [1.165, 1.54) is 19.2 Å². The van der Waals surface area contributed by atoms with Gasteiger partial charge in [-0.3, -0.25) is 19.7 Å². The van der Waals surface area contributed by atoms with Gasteiger partial charge in [-0.2, -0.15) is 0 Å². The number of aliphatic carboxylic acids is 1. The molecule has 112 valence electrons. The molecule has 0 unspecified atom stereocenters. The van der Waals surface area contributed by atoms with Gasteiger partial charge in [-0.05, 0) is 18.9 Å². The number of rotatable bonds is 6. The van der Waals surface area contributed by atoms with Gasteiger partial charge in [0.1, 0.15) is 5.75 Å². The van der Waals surface area contributed by atoms with Crippen LogP contribution in [-0.4, -0.2) is 35.6 Å². The van der Waals surface area contributed by atoms with Crippen molar-refractivity contribution in [3.05, 3.63) is 33.9 Å². The number of hydrogen-bond donors (Lipinski definition) is 2. The van der Waals surface area contributed by atoms with Gasteiger partial charge in [-0.25, -0.2) is 0 Å². The molecule has 8 nitrogen and oxygen atoms in total. The molecule has 0 bridgehead atoms. The first kappa shape index (κ1) is 14.8. The summed E-state index contributed by atoms with van der Waals surface area (Å²) in [6, 6.07) is 3.63. The first-order valence-electron chi connectivity index (χ1n) is 6.24. The Hall–Kier alpha value is -2.64. The van der Waals surface area contributed by atoms with Crippen LogP contribution in [0.15, 0.2) is 18.2 Å². The van der Waals surface area contributed by atoms with E-state index in [4.69, 9.17) is 9.84 Å². The molecule has 1 aromatic carbocycles. The number of nitro benzene ring substituents is 1. The lowest BCUT2D eigenvalue weighted by Crippen LogP contribution is -2.34. The molecule has 0 aromatic heterocycles. The van der Waals surface area contributed by atoms with Gasteiger partial charge in [0.25, 0.3) is 11.6 Å². The predicted molar refractivity (Wildman–Crippen MR) is 71.3 cm³/mol. The van der Waals surface area contributed by atoms with Crippen molar-refractivity contribution in [1.29, 1.82) is 0 Å². The summed E-state index contributed by atoms with van der Waals surface area (Å²) >= 11 is 0. The Morgan fingerprint density at radius 2 is 2.14 bits per heavy atom. The highest BCUT2D eigenvalue weighted by Gasteiger charge is 2.50. The highest BCUT2D eigenvalue weighted by Crippen LogP contribution is 2.45. The fraction of sp³-hybridized carbons (Fsp3) is 0.385. The van der Waals surface area contributed by atoms with E-state index < -0.39 is 22.2 Å². The summed E-state index contributed by atoms with van der Waals surface area (Å²) in [4.78, 5) is 33.2. The lowest BCUT2D eigenvalue weighted by Gasteiger charge is -2.12. The summed E-state index contributed by atoms with van der Waals surface area (Å²) in [6.45, 7) is 0.0291. The molecule has 8 heteroatoms. The standard InChI is InChI=1S/C13H14N2O6/c1-21-10-6-8(15(19)20)2-3-9(10)11(16)14-7-13(4-5-13)12(17)18/h2-3,6H,4-5,7H2,1H3,(H,14,16)(H,17,18). The number of carbonyl (C=O) groups is 2. The summed E-state index contributed by atoms with van der Waals surface area (Å²) in [7, 11) is 1.30. The maximum atomic E-state index is 12.0. The quantitative estimate of drug-likeness (QED) is 0.601. The van der Waals surface area contributed by atoms with Gasteiger partial charge in [0.15, 0.2) is 0 Å². The highest BCUT2D eigenvalue weighted by atomic mass is 16.6. The number of carboxylic acids is 1. The monoisotopic (exact) mass is 294 g/mol. The van der Waals surface area contributed by atoms with E-state index in [-0.39, 0.29) is 23.5 Å². The van der Waals surface area contributed by atoms with Crippen molar-refractivity contribution in [3.63, 3.8) is 0 Å². The first-order chi connectivity index (χ1) is 9.89. The van der Waals surface area contributed by atoms with Crippen LogP contribution in [0.25, 0.3) is 0 Å². The van der Waals surface area contributed by atoms with Crippen LogP contribution >= 0.6 is 0 Å². The van der Waals surface area contributed by atoms with Crippen LogP contribution in [0.5, 0.6) is 5.75 Å². The zero-order chi connectivity index (χ0) is 15.6. The topological polar surface area (TPSA) is 119 Å². The van der Waals surface area contributed by atoms with Crippen LogP contribution in [0.1, 0.15) is 23.2 Å². The Labute approximate surface area is 119 Å². The summed E-state index contributed by atoms with van der Waals surface area (Å²) in [5.41, 5.74) is -0.930. The van der Waals surface area contributed by atoms with Gasteiger partial charge in [0, 0.05) is 12.6 Å². The number of methoxy groups -OCH3 is 1. The third-order valence-electron chi connectivity index (χ3n) is 3.54. The van der Waals surface area contributed by atoms with E-state index in [1.807, 2.05) is 0 Å². The summed E-state index contributed by atoms with van der Waals surface area (Å²) in [5.74, 6) is -1.38. The van der Waals surface area contributed by atoms with Crippen LogP contribution in [0, 0.1) is 15.5 Å². The number of carboxylic acid groups (broad SMARTS) is 1. The second kappa shape index (κ2) is 5.39. The molecular formula is C13H14N2O6. The molecule has 2 rings (SSSR count). The van der Waals surface area contributed by atoms with Crippen LogP contribution in [0.2, 0.25) is 0 Å². The Kier molecular flexibility index (Phi) is 3.79. The normalized spacial score (nSPS) is 15.1. The maximum absolute atomic E-state index is 12.0. The molecule has 0 spiro atoms. The van der Waals surface area contributed by atoms with E-state index in [0.29, 0.717) is 12.8 Å². The maximum Gasteiger partial charge on any atom is 0.311 e. The largest absolute Gasteiger partial charge is 0.496 e. The molecule has 1 fully saturated rings. The first-order valence-corrected chi connectivity index (χ1v) is 6.24. The van der Waals surface area contributed by atoms with Crippen LogP contribution < -0.4 is 10.1 Å². The van der Waals surface area contributed by atoms with Gasteiger partial charge in [0.2, 0.25) is 0 Å². The zero-order valence-corrected chi connectivity index (χ0v) is 11.3. The second-order valence-corrected chi connectivity index (χ2v) is 4.91. The number of benzene rings is 1. The molecule has 1 aromatic rings. The average molecular weight is 294 g/mol. The molecule has 21 heavy (non-hydrogen) atoms. The van der Waals surface area contributed by atoms with Crippen molar-refractivity contribution in [1.82, 2.24) is 5.32 Å². The zero-order valence-electron chi connectivity index (χ0n) is 11.3. The molecule has 1 saturated carbocycles. The minimum Gasteiger partial charge on any atom is -0.496 e. The fourth-order valence-electron chi connectivity index (χ4n) is 1.94. The molecule has 2 N–H and O–H groups in total. The highest BCUT2D eigenvalue weighted by molar-refractivity contribution is 5.97. The average Bonchev–Trinajstić information content (AvgIpc) is 3.25. The third-order valence-corrected chi connectivity index (χ3v) is 3.54. The Bertz CT molecular complexity index is 609. The second-order valence-electron chi connectivity index (χ2n) is 4.91. The number of carbonyl (C=O) groups excluding carboxylic acids is 1. The summed E-state index contributed by atoms with van der Waals surface area (Å²) in [5, 5.41) is 22.2. The Morgan fingerprint density at radius 1 is 1.48 bits per heavy atom. The van der Waals surface area contributed by atoms with Gasteiger partial charge in [-0.1, -0.05) is 0 Å². The molecular weight excluding hydrogens is 280 g/mol. The SMILES string of the molecule is COc1cc([N+](=O)[O-])ccc1C(=O)NCC1(C(=O)O)CC1.